The van der Waals surface area contributed by atoms with Gasteiger partial charge in [0.25, 0.3) is 6.47 Å². The van der Waals surface area contributed by atoms with E-state index in [0.29, 0.717) is 28.3 Å². The minimum Gasteiger partial charge on any atom is -0.497 e. The zero-order chi connectivity index (χ0) is 29.9. The fourth-order valence-corrected chi connectivity index (χ4v) is 6.45. The Morgan fingerprint density at radius 3 is 1.90 bits per heavy atom. The van der Waals surface area contributed by atoms with Gasteiger partial charge in [0.1, 0.15) is 23.1 Å². The first-order chi connectivity index (χ1) is 20.2. The molecule has 12 heteroatoms. The fraction of sp³-hybridized carbons (Fsp3) is 0.133. The first-order valence-corrected chi connectivity index (χ1v) is 14.4. The van der Waals surface area contributed by atoms with Crippen molar-refractivity contribution in [1.29, 1.82) is 0 Å². The lowest BCUT2D eigenvalue weighted by Gasteiger charge is -2.23. The molecule has 0 aliphatic rings. The highest BCUT2D eigenvalue weighted by atomic mass is 35.5. The van der Waals surface area contributed by atoms with Crippen molar-refractivity contribution in [2.24, 2.45) is 0 Å². The SMILES string of the molecule is COc1ccc(CN(Cc2ccc(OC)cc2)S(=O)(=O)c2cc(OC=O)cc3c2c(Cl)nn3-c2ccc(F)cc2)cc1. The molecule has 0 aliphatic heterocycles. The highest BCUT2D eigenvalue weighted by Crippen LogP contribution is 2.37. The van der Waals surface area contributed by atoms with Crippen LogP contribution < -0.4 is 14.2 Å². The molecule has 0 N–H and O–H groups in total. The maximum atomic E-state index is 14.5. The standard InChI is InChI=1S/C30H25ClFN3O6S/c1-39-24-11-3-20(4-12-24)17-34(18-21-5-13-25(40-2)14-6-21)42(37,38)28-16-26(41-19-36)15-27-29(28)30(31)33-35(27)23-9-7-22(32)8-10-23/h3-16,19H,17-18H2,1-2H3. The molecule has 0 saturated heterocycles. The lowest BCUT2D eigenvalue weighted by Crippen LogP contribution is -2.30. The number of nitrogens with zero attached hydrogens (tertiary/aromatic N) is 3. The summed E-state index contributed by atoms with van der Waals surface area (Å²) in [6.45, 7) is 0.203. The van der Waals surface area contributed by atoms with Gasteiger partial charge in [-0.1, -0.05) is 35.9 Å². The molecule has 4 aromatic carbocycles. The minimum absolute atomic E-state index is 0.00232. The largest absolute Gasteiger partial charge is 0.497 e. The van der Waals surface area contributed by atoms with Gasteiger partial charge in [0, 0.05) is 25.2 Å². The van der Waals surface area contributed by atoms with Gasteiger partial charge in [-0.2, -0.15) is 9.40 Å². The van der Waals surface area contributed by atoms with Gasteiger partial charge in [-0.15, -0.1) is 0 Å². The number of aromatic nitrogens is 2. The lowest BCUT2D eigenvalue weighted by molar-refractivity contribution is -0.120. The number of carbonyl (C=O) groups excluding carboxylic acids is 1. The van der Waals surface area contributed by atoms with E-state index in [0.717, 1.165) is 0 Å². The van der Waals surface area contributed by atoms with Crippen molar-refractivity contribution in [3.05, 3.63) is 107 Å². The van der Waals surface area contributed by atoms with E-state index in [1.807, 2.05) is 0 Å². The second-order valence-electron chi connectivity index (χ2n) is 9.18. The number of rotatable bonds is 11. The molecule has 5 aromatic rings. The zero-order valence-electron chi connectivity index (χ0n) is 22.5. The van der Waals surface area contributed by atoms with Crippen molar-refractivity contribution in [2.45, 2.75) is 18.0 Å². The maximum absolute atomic E-state index is 14.5. The Morgan fingerprint density at radius 1 is 0.857 bits per heavy atom. The lowest BCUT2D eigenvalue weighted by atomic mass is 10.2. The first kappa shape index (κ1) is 29.1. The summed E-state index contributed by atoms with van der Waals surface area (Å²) in [7, 11) is -1.22. The molecule has 216 valence electrons. The molecule has 0 aliphatic carbocycles. The minimum atomic E-state index is -4.32. The molecule has 0 atom stereocenters. The van der Waals surface area contributed by atoms with Crippen LogP contribution in [0, 0.1) is 5.82 Å². The summed E-state index contributed by atoms with van der Waals surface area (Å²) in [5, 5.41) is 4.36. The second kappa shape index (κ2) is 12.2. The molecule has 9 nitrogen and oxygen atoms in total. The number of methoxy groups -OCH3 is 2. The van der Waals surface area contributed by atoms with Crippen LogP contribution in [0.1, 0.15) is 11.1 Å². The van der Waals surface area contributed by atoms with Gasteiger partial charge < -0.3 is 14.2 Å². The summed E-state index contributed by atoms with van der Waals surface area (Å²) in [5.74, 6) is 0.763. The van der Waals surface area contributed by atoms with Gasteiger partial charge in [0.05, 0.1) is 35.7 Å². The molecular weight excluding hydrogens is 585 g/mol. The summed E-state index contributed by atoms with van der Waals surface area (Å²) < 4.78 is 60.8. The van der Waals surface area contributed by atoms with Gasteiger partial charge in [-0.3, -0.25) is 4.79 Å². The van der Waals surface area contributed by atoms with Crippen molar-refractivity contribution in [1.82, 2.24) is 14.1 Å². The van der Waals surface area contributed by atoms with Crippen LogP contribution in [0.4, 0.5) is 4.39 Å². The van der Waals surface area contributed by atoms with Crippen LogP contribution in [-0.4, -0.2) is 43.2 Å². The Morgan fingerprint density at radius 2 is 1.40 bits per heavy atom. The zero-order valence-corrected chi connectivity index (χ0v) is 24.1. The van der Waals surface area contributed by atoms with Crippen molar-refractivity contribution in [2.75, 3.05) is 14.2 Å². The van der Waals surface area contributed by atoms with E-state index in [2.05, 4.69) is 5.10 Å². The number of ether oxygens (including phenoxy) is 3. The summed E-state index contributed by atoms with van der Waals surface area (Å²) >= 11 is 6.56. The van der Waals surface area contributed by atoms with E-state index >= 15 is 0 Å². The smallest absolute Gasteiger partial charge is 0.298 e. The molecule has 0 spiro atoms. The van der Waals surface area contributed by atoms with Crippen molar-refractivity contribution in [3.63, 3.8) is 0 Å². The van der Waals surface area contributed by atoms with E-state index in [1.165, 1.54) is 45.4 Å². The highest BCUT2D eigenvalue weighted by Gasteiger charge is 2.31. The van der Waals surface area contributed by atoms with Crippen molar-refractivity contribution < 1.29 is 31.8 Å². The van der Waals surface area contributed by atoms with Crippen molar-refractivity contribution in [3.8, 4) is 22.9 Å². The number of hydrogen-bond donors (Lipinski definition) is 0. The number of benzene rings is 4. The van der Waals surface area contributed by atoms with E-state index in [9.17, 15) is 17.6 Å². The molecule has 1 aromatic heterocycles. The number of fused-ring (bicyclic) bond motifs is 1. The Hall–Kier alpha value is -4.45. The quantitative estimate of drug-likeness (QED) is 0.176. The topological polar surface area (TPSA) is 100.0 Å². The summed E-state index contributed by atoms with van der Waals surface area (Å²) in [4.78, 5) is 11.1. The molecule has 1 heterocycles. The predicted molar refractivity (Wildman–Crippen MR) is 155 cm³/mol. The van der Waals surface area contributed by atoms with Crippen LogP contribution in [0.25, 0.3) is 16.6 Å². The van der Waals surface area contributed by atoms with E-state index in [4.69, 9.17) is 25.8 Å². The van der Waals surface area contributed by atoms with Crippen LogP contribution in [0.5, 0.6) is 17.2 Å². The Kier molecular flexibility index (Phi) is 8.44. The summed E-state index contributed by atoms with van der Waals surface area (Å²) in [5.41, 5.74) is 2.08. The highest BCUT2D eigenvalue weighted by molar-refractivity contribution is 7.89. The molecule has 42 heavy (non-hydrogen) atoms. The van der Waals surface area contributed by atoms with Crippen LogP contribution in [0.3, 0.4) is 0 Å². The van der Waals surface area contributed by atoms with E-state index < -0.39 is 15.8 Å². The number of hydrogen-bond acceptors (Lipinski definition) is 7. The van der Waals surface area contributed by atoms with Crippen LogP contribution >= 0.6 is 11.6 Å². The van der Waals surface area contributed by atoms with E-state index in [-0.39, 0.29) is 46.3 Å². The molecule has 0 amide bonds. The third-order valence-corrected chi connectivity index (χ3v) is 8.67. The Bertz CT molecular complexity index is 1780. The van der Waals surface area contributed by atoms with Gasteiger partial charge in [0.15, 0.2) is 5.15 Å². The normalized spacial score (nSPS) is 11.5. The van der Waals surface area contributed by atoms with Gasteiger partial charge in [0.2, 0.25) is 10.0 Å². The Labute approximate surface area is 246 Å². The third kappa shape index (κ3) is 5.94. The first-order valence-electron chi connectivity index (χ1n) is 12.6. The molecule has 0 fully saturated rings. The monoisotopic (exact) mass is 609 g/mol. The third-order valence-electron chi connectivity index (χ3n) is 6.59. The maximum Gasteiger partial charge on any atom is 0.298 e. The predicted octanol–water partition coefficient (Wildman–Crippen LogP) is 5.76. The average molecular weight is 610 g/mol. The van der Waals surface area contributed by atoms with Gasteiger partial charge >= 0.3 is 0 Å². The summed E-state index contributed by atoms with van der Waals surface area (Å²) in [6, 6.07) is 22.2. The summed E-state index contributed by atoms with van der Waals surface area (Å²) in [6.07, 6.45) is 0. The number of sulfonamides is 1. The van der Waals surface area contributed by atoms with Gasteiger partial charge in [-0.05, 0) is 59.7 Å². The average Bonchev–Trinajstić information content (AvgIpc) is 3.33. The molecule has 0 unspecified atom stereocenters. The van der Waals surface area contributed by atoms with Crippen LogP contribution in [0.15, 0.2) is 89.8 Å². The van der Waals surface area contributed by atoms with Crippen molar-refractivity contribution >= 4 is 39.0 Å². The van der Waals surface area contributed by atoms with Crippen LogP contribution in [-0.2, 0) is 27.9 Å². The van der Waals surface area contributed by atoms with E-state index in [1.54, 1.807) is 62.8 Å². The fourth-order valence-electron chi connectivity index (χ4n) is 4.48. The second-order valence-corrected chi connectivity index (χ2v) is 11.4. The molecule has 5 rings (SSSR count). The van der Waals surface area contributed by atoms with Gasteiger partial charge in [-0.25, -0.2) is 17.5 Å². The molecule has 0 saturated carbocycles. The van der Waals surface area contributed by atoms with Crippen LogP contribution in [0.2, 0.25) is 5.15 Å². The molecule has 0 bridgehead atoms. The molecule has 0 radical (unpaired) electrons. The number of carbonyl (C=O) groups is 1. The number of halogens is 2. The molecular formula is C30H25ClFN3O6S. The Balaban J connectivity index is 1.67.